The molecule has 3 aromatic rings. The smallest absolute Gasteiger partial charge is 0.137 e. The van der Waals surface area contributed by atoms with E-state index in [4.69, 9.17) is 4.74 Å². The monoisotopic (exact) mass is 428 g/mol. The normalized spacial score (nSPS) is 10.9. The Morgan fingerprint density at radius 3 is 2.79 bits per heavy atom. The van der Waals surface area contributed by atoms with Crippen LogP contribution in [0.25, 0.3) is 16.9 Å². The summed E-state index contributed by atoms with van der Waals surface area (Å²) < 4.78 is 9.39. The third-order valence-electron chi connectivity index (χ3n) is 2.86. The Labute approximate surface area is 132 Å². The summed E-state index contributed by atoms with van der Waals surface area (Å²) in [6.07, 6.45) is 4.09. The van der Waals surface area contributed by atoms with E-state index < -0.39 is 0 Å². The minimum absolute atomic E-state index is 0.821. The van der Waals surface area contributed by atoms with Gasteiger partial charge in [-0.05, 0) is 68.9 Å². The number of imidazole rings is 1. The highest BCUT2D eigenvalue weighted by Crippen LogP contribution is 2.30. The number of hydrogen-bond donors (Lipinski definition) is 0. The van der Waals surface area contributed by atoms with Gasteiger partial charge in [0.15, 0.2) is 0 Å². The minimum atomic E-state index is 0.821. The van der Waals surface area contributed by atoms with E-state index in [1.54, 1.807) is 7.11 Å². The molecule has 2 aromatic heterocycles. The molecule has 0 aliphatic rings. The van der Waals surface area contributed by atoms with Gasteiger partial charge in [-0.3, -0.25) is 0 Å². The quantitative estimate of drug-likeness (QED) is 0.566. The largest absolute Gasteiger partial charge is 0.496 e. The fourth-order valence-electron chi connectivity index (χ4n) is 1.93. The van der Waals surface area contributed by atoms with Crippen molar-refractivity contribution in [3.05, 3.63) is 50.8 Å². The lowest BCUT2D eigenvalue weighted by Gasteiger charge is -2.04. The van der Waals surface area contributed by atoms with Crippen LogP contribution in [0, 0.1) is 3.57 Å². The molecule has 0 fully saturated rings. The van der Waals surface area contributed by atoms with Crippen molar-refractivity contribution in [1.29, 1.82) is 0 Å². The lowest BCUT2D eigenvalue weighted by Crippen LogP contribution is -1.85. The van der Waals surface area contributed by atoms with E-state index >= 15 is 0 Å². The molecule has 0 aliphatic carbocycles. The highest BCUT2D eigenvalue weighted by molar-refractivity contribution is 14.1. The molecule has 5 heteroatoms. The van der Waals surface area contributed by atoms with Gasteiger partial charge in [-0.25, -0.2) is 4.98 Å². The van der Waals surface area contributed by atoms with Crippen LogP contribution in [0.1, 0.15) is 0 Å². The molecule has 19 heavy (non-hydrogen) atoms. The highest BCUT2D eigenvalue weighted by Gasteiger charge is 2.07. The van der Waals surface area contributed by atoms with Crippen LogP contribution in [-0.4, -0.2) is 16.5 Å². The summed E-state index contributed by atoms with van der Waals surface area (Å²) in [6, 6.07) is 10.0. The zero-order chi connectivity index (χ0) is 13.4. The van der Waals surface area contributed by atoms with E-state index in [1.165, 1.54) is 3.57 Å². The first kappa shape index (κ1) is 12.9. The number of hydrogen-bond acceptors (Lipinski definition) is 2. The van der Waals surface area contributed by atoms with Gasteiger partial charge in [-0.1, -0.05) is 0 Å². The van der Waals surface area contributed by atoms with Crippen molar-refractivity contribution in [2.24, 2.45) is 0 Å². The highest BCUT2D eigenvalue weighted by atomic mass is 127. The van der Waals surface area contributed by atoms with Crippen LogP contribution in [-0.2, 0) is 0 Å². The lowest BCUT2D eigenvalue weighted by molar-refractivity contribution is 0.412. The summed E-state index contributed by atoms with van der Waals surface area (Å²) >= 11 is 5.79. The van der Waals surface area contributed by atoms with E-state index in [1.807, 2.05) is 34.9 Å². The second-order valence-electron chi connectivity index (χ2n) is 4.09. The average Bonchev–Trinajstić information content (AvgIpc) is 2.81. The van der Waals surface area contributed by atoms with Gasteiger partial charge >= 0.3 is 0 Å². The third kappa shape index (κ3) is 2.49. The summed E-state index contributed by atoms with van der Waals surface area (Å²) in [5.41, 5.74) is 2.96. The zero-order valence-electron chi connectivity index (χ0n) is 10.1. The van der Waals surface area contributed by atoms with Gasteiger partial charge in [0.2, 0.25) is 0 Å². The average molecular weight is 429 g/mol. The van der Waals surface area contributed by atoms with Crippen LogP contribution >= 0.6 is 38.5 Å². The predicted octanol–water partition coefficient (Wildman–Crippen LogP) is 4.38. The van der Waals surface area contributed by atoms with E-state index in [-0.39, 0.29) is 0 Å². The molecule has 0 unspecified atom stereocenters. The maximum absolute atomic E-state index is 5.24. The molecule has 0 atom stereocenters. The summed E-state index contributed by atoms with van der Waals surface area (Å²) in [5, 5.41) is 0. The standard InChI is InChI=1S/C14H10BrIN2O/c1-19-13-4-2-9(6-11(13)15)12-8-18-7-10(16)3-5-14(18)17-12/h2-8H,1H3. The number of fused-ring (bicyclic) bond motifs is 1. The Morgan fingerprint density at radius 2 is 2.05 bits per heavy atom. The van der Waals surface area contributed by atoms with Crippen molar-refractivity contribution in [2.45, 2.75) is 0 Å². The predicted molar refractivity (Wildman–Crippen MR) is 87.6 cm³/mol. The van der Waals surface area contributed by atoms with Crippen molar-refractivity contribution in [3.8, 4) is 17.0 Å². The number of ether oxygens (including phenoxy) is 1. The van der Waals surface area contributed by atoms with Crippen LogP contribution < -0.4 is 4.74 Å². The number of aromatic nitrogens is 2. The SMILES string of the molecule is COc1ccc(-c2cn3cc(I)ccc3n2)cc1Br. The molecular weight excluding hydrogens is 419 g/mol. The topological polar surface area (TPSA) is 26.5 Å². The van der Waals surface area contributed by atoms with Crippen LogP contribution in [0.3, 0.4) is 0 Å². The second-order valence-corrected chi connectivity index (χ2v) is 6.19. The fourth-order valence-corrected chi connectivity index (χ4v) is 2.95. The van der Waals surface area contributed by atoms with Crippen molar-refractivity contribution >= 4 is 44.2 Å². The summed E-state index contributed by atoms with van der Waals surface area (Å²) in [7, 11) is 1.66. The minimum Gasteiger partial charge on any atom is -0.496 e. The number of nitrogens with zero attached hydrogens (tertiary/aromatic N) is 2. The van der Waals surface area contributed by atoms with Gasteiger partial charge in [0.25, 0.3) is 0 Å². The number of pyridine rings is 1. The maximum atomic E-state index is 5.24. The number of halogens is 2. The molecule has 3 rings (SSSR count). The Hall–Kier alpha value is -1.08. The van der Waals surface area contributed by atoms with Gasteiger partial charge in [0.1, 0.15) is 11.4 Å². The molecule has 0 radical (unpaired) electrons. The maximum Gasteiger partial charge on any atom is 0.137 e. The van der Waals surface area contributed by atoms with E-state index in [0.717, 1.165) is 27.1 Å². The summed E-state index contributed by atoms with van der Waals surface area (Å²) in [4.78, 5) is 4.62. The van der Waals surface area contributed by atoms with Crippen LogP contribution in [0.5, 0.6) is 5.75 Å². The molecule has 0 saturated carbocycles. The fraction of sp³-hybridized carbons (Fsp3) is 0.0714. The van der Waals surface area contributed by atoms with Gasteiger partial charge in [0, 0.05) is 21.5 Å². The number of methoxy groups -OCH3 is 1. The molecule has 96 valence electrons. The van der Waals surface area contributed by atoms with Crippen molar-refractivity contribution in [3.63, 3.8) is 0 Å². The van der Waals surface area contributed by atoms with E-state index in [9.17, 15) is 0 Å². The lowest BCUT2D eigenvalue weighted by atomic mass is 10.2. The molecule has 0 bridgehead atoms. The molecule has 0 aliphatic heterocycles. The van der Waals surface area contributed by atoms with Gasteiger partial charge in [-0.15, -0.1) is 0 Å². The van der Waals surface area contributed by atoms with Crippen LogP contribution in [0.2, 0.25) is 0 Å². The van der Waals surface area contributed by atoms with E-state index in [2.05, 4.69) is 55.8 Å². The van der Waals surface area contributed by atoms with Crippen molar-refractivity contribution < 1.29 is 4.74 Å². The van der Waals surface area contributed by atoms with Crippen molar-refractivity contribution in [2.75, 3.05) is 7.11 Å². The molecule has 0 N–H and O–H groups in total. The molecular formula is C14H10BrIN2O. The Morgan fingerprint density at radius 1 is 1.21 bits per heavy atom. The third-order valence-corrected chi connectivity index (χ3v) is 4.12. The van der Waals surface area contributed by atoms with Gasteiger partial charge in [-0.2, -0.15) is 0 Å². The first-order valence-corrected chi connectivity index (χ1v) is 7.53. The Balaban J connectivity index is 2.11. The van der Waals surface area contributed by atoms with Crippen LogP contribution in [0.15, 0.2) is 47.2 Å². The molecule has 0 spiro atoms. The molecule has 2 heterocycles. The summed E-state index contributed by atoms with van der Waals surface area (Å²) in [6.45, 7) is 0. The molecule has 3 nitrogen and oxygen atoms in total. The second kappa shape index (κ2) is 5.13. The van der Waals surface area contributed by atoms with E-state index in [0.29, 0.717) is 0 Å². The molecule has 1 aromatic carbocycles. The molecule has 0 saturated heterocycles. The Bertz CT molecular complexity index is 754. The van der Waals surface area contributed by atoms with Crippen LogP contribution in [0.4, 0.5) is 0 Å². The Kier molecular flexibility index (Phi) is 3.49. The zero-order valence-corrected chi connectivity index (χ0v) is 13.8. The van der Waals surface area contributed by atoms with Crippen molar-refractivity contribution in [1.82, 2.24) is 9.38 Å². The number of benzene rings is 1. The van der Waals surface area contributed by atoms with Gasteiger partial charge in [0.05, 0.1) is 17.3 Å². The summed E-state index contributed by atoms with van der Waals surface area (Å²) in [5.74, 6) is 0.821. The first-order chi connectivity index (χ1) is 9.17. The number of rotatable bonds is 2. The first-order valence-electron chi connectivity index (χ1n) is 5.65. The molecule has 0 amide bonds. The van der Waals surface area contributed by atoms with Gasteiger partial charge < -0.3 is 9.14 Å².